The molecule has 1 saturated heterocycles. The molecule has 1 saturated carbocycles. The van der Waals surface area contributed by atoms with Gasteiger partial charge in [-0.05, 0) is 13.0 Å². The van der Waals surface area contributed by atoms with Gasteiger partial charge in [0.05, 0.1) is 36.5 Å². The summed E-state index contributed by atoms with van der Waals surface area (Å²) in [5.41, 5.74) is 8.09. The lowest BCUT2D eigenvalue weighted by molar-refractivity contribution is 0.0435. The average molecular weight is 457 g/mol. The van der Waals surface area contributed by atoms with Crippen molar-refractivity contribution >= 4 is 32.4 Å². The lowest BCUT2D eigenvalue weighted by atomic mass is 9.76. The lowest BCUT2D eigenvalue weighted by Gasteiger charge is -2.51. The Morgan fingerprint density at radius 3 is 2.88 bits per heavy atom. The van der Waals surface area contributed by atoms with Crippen molar-refractivity contribution in [2.24, 2.45) is 0 Å². The summed E-state index contributed by atoms with van der Waals surface area (Å²) in [4.78, 5) is 19.2. The number of ether oxygens (including phenoxy) is 2. The Bertz CT molecular complexity index is 1350. The first-order valence-electron chi connectivity index (χ1n) is 10.6. The summed E-state index contributed by atoms with van der Waals surface area (Å²) < 4.78 is 36.7. The van der Waals surface area contributed by atoms with Gasteiger partial charge >= 0.3 is 0 Å². The molecule has 3 aromatic rings. The van der Waals surface area contributed by atoms with Crippen molar-refractivity contribution in [1.29, 1.82) is 0 Å². The quantitative estimate of drug-likeness (QED) is 0.602. The van der Waals surface area contributed by atoms with Gasteiger partial charge in [0.1, 0.15) is 22.4 Å². The van der Waals surface area contributed by atoms with E-state index in [9.17, 15) is 8.42 Å². The number of nitrogens with one attached hydrogen (secondary N) is 1. The molecule has 0 aromatic carbocycles. The van der Waals surface area contributed by atoms with Crippen LogP contribution in [0.2, 0.25) is 0 Å². The molecule has 1 atom stereocenters. The summed E-state index contributed by atoms with van der Waals surface area (Å²) >= 11 is 0. The van der Waals surface area contributed by atoms with Crippen LogP contribution in [0.15, 0.2) is 18.5 Å². The molecule has 0 spiro atoms. The van der Waals surface area contributed by atoms with Gasteiger partial charge < -0.3 is 25.1 Å². The van der Waals surface area contributed by atoms with E-state index in [4.69, 9.17) is 25.2 Å². The first kappa shape index (κ1) is 19.7. The van der Waals surface area contributed by atoms with Crippen molar-refractivity contribution in [3.05, 3.63) is 24.2 Å². The molecule has 32 heavy (non-hydrogen) atoms. The zero-order valence-corrected chi connectivity index (χ0v) is 18.6. The van der Waals surface area contributed by atoms with Crippen molar-refractivity contribution in [2.45, 2.75) is 36.7 Å². The van der Waals surface area contributed by atoms with Crippen LogP contribution < -0.4 is 15.4 Å². The highest BCUT2D eigenvalue weighted by molar-refractivity contribution is 7.91. The zero-order valence-electron chi connectivity index (χ0n) is 17.8. The Kier molecular flexibility index (Phi) is 4.04. The fourth-order valence-electron chi connectivity index (χ4n) is 5.08. The molecule has 11 heteroatoms. The number of nitrogens with two attached hydrogens (primary N) is 1. The molecule has 168 valence electrons. The second kappa shape index (κ2) is 6.55. The van der Waals surface area contributed by atoms with Gasteiger partial charge in [-0.25, -0.2) is 23.4 Å². The molecule has 2 fully saturated rings. The number of anilines is 2. The minimum absolute atomic E-state index is 0.0464. The lowest BCUT2D eigenvalue weighted by Crippen LogP contribution is -2.57. The third-order valence-electron chi connectivity index (χ3n) is 6.89. The van der Waals surface area contributed by atoms with Crippen molar-refractivity contribution in [2.75, 3.05) is 36.6 Å². The number of fused-ring (bicyclic) bond motifs is 1. The highest BCUT2D eigenvalue weighted by Crippen LogP contribution is 2.58. The highest BCUT2D eigenvalue weighted by Gasteiger charge is 2.61. The number of H-pyrrole nitrogens is 1. The number of morpholine rings is 1. The second-order valence-electron chi connectivity index (χ2n) is 8.90. The van der Waals surface area contributed by atoms with E-state index in [0.717, 1.165) is 10.9 Å². The fourth-order valence-corrected chi connectivity index (χ4v) is 6.55. The molecule has 7 rings (SSSR count). The SMILES string of the molecule is C[C@@H]1COCCN1c1nc(-c2c(N)ncc3[nH]ccc23)nc2c1OC1CC2(S(C)(=O)=O)C1. The molecule has 0 amide bonds. The smallest absolute Gasteiger partial charge is 0.185 e. The molecule has 6 heterocycles. The molecule has 3 aliphatic heterocycles. The Morgan fingerprint density at radius 1 is 1.31 bits per heavy atom. The van der Waals surface area contributed by atoms with Crippen LogP contribution in [0, 0.1) is 0 Å². The molecular formula is C21H24N6O4S. The van der Waals surface area contributed by atoms with E-state index in [1.54, 1.807) is 12.4 Å². The van der Waals surface area contributed by atoms with Gasteiger partial charge in [0.15, 0.2) is 27.2 Å². The van der Waals surface area contributed by atoms with E-state index >= 15 is 0 Å². The molecule has 3 N–H and O–H groups in total. The molecular weight excluding hydrogens is 432 g/mol. The Labute approximate surface area is 185 Å². The normalized spacial score (nSPS) is 27.0. The number of aromatic nitrogens is 4. The Balaban J connectivity index is 1.65. The van der Waals surface area contributed by atoms with E-state index in [0.29, 0.717) is 61.2 Å². The topological polar surface area (TPSA) is 136 Å². The minimum Gasteiger partial charge on any atom is -0.484 e. The van der Waals surface area contributed by atoms with Gasteiger partial charge in [-0.2, -0.15) is 0 Å². The van der Waals surface area contributed by atoms with Crippen molar-refractivity contribution in [3.8, 4) is 17.1 Å². The van der Waals surface area contributed by atoms with Crippen molar-refractivity contribution in [3.63, 3.8) is 0 Å². The van der Waals surface area contributed by atoms with Gasteiger partial charge in [-0.1, -0.05) is 0 Å². The molecule has 10 nitrogen and oxygen atoms in total. The second-order valence-corrected chi connectivity index (χ2v) is 11.2. The number of rotatable bonds is 3. The third kappa shape index (κ3) is 2.61. The van der Waals surface area contributed by atoms with Crippen LogP contribution in [-0.2, 0) is 19.3 Å². The van der Waals surface area contributed by atoms with Gasteiger partial charge in [0.2, 0.25) is 0 Å². The molecule has 2 bridgehead atoms. The van der Waals surface area contributed by atoms with Gasteiger partial charge in [-0.3, -0.25) is 0 Å². The molecule has 4 aliphatic rings. The van der Waals surface area contributed by atoms with Crippen molar-refractivity contribution < 1.29 is 17.9 Å². The number of hydrogen-bond acceptors (Lipinski definition) is 9. The summed E-state index contributed by atoms with van der Waals surface area (Å²) in [5, 5.41) is 0.829. The van der Waals surface area contributed by atoms with Crippen LogP contribution in [0.5, 0.6) is 5.75 Å². The summed E-state index contributed by atoms with van der Waals surface area (Å²) in [6.45, 7) is 3.76. The minimum atomic E-state index is -3.44. The molecule has 3 aromatic heterocycles. The molecule has 0 unspecified atom stereocenters. The van der Waals surface area contributed by atoms with Crippen LogP contribution in [0.1, 0.15) is 25.5 Å². The van der Waals surface area contributed by atoms with Crippen LogP contribution in [0.3, 0.4) is 0 Å². The van der Waals surface area contributed by atoms with E-state index in [1.165, 1.54) is 6.26 Å². The first-order valence-corrected chi connectivity index (χ1v) is 12.5. The Morgan fingerprint density at radius 2 is 2.12 bits per heavy atom. The van der Waals surface area contributed by atoms with Gasteiger partial charge in [-0.15, -0.1) is 0 Å². The number of hydrogen-bond donors (Lipinski definition) is 2. The fraction of sp³-hybridized carbons (Fsp3) is 0.476. The maximum Gasteiger partial charge on any atom is 0.185 e. The zero-order chi connectivity index (χ0) is 22.3. The van der Waals surface area contributed by atoms with Crippen molar-refractivity contribution in [1.82, 2.24) is 19.9 Å². The van der Waals surface area contributed by atoms with Gasteiger partial charge in [0, 0.05) is 37.2 Å². The number of pyridine rings is 1. The summed E-state index contributed by atoms with van der Waals surface area (Å²) in [7, 11) is -3.44. The summed E-state index contributed by atoms with van der Waals surface area (Å²) in [6, 6.07) is 1.94. The molecule has 1 aliphatic carbocycles. The molecule has 0 radical (unpaired) electrons. The van der Waals surface area contributed by atoms with E-state index < -0.39 is 14.6 Å². The highest BCUT2D eigenvalue weighted by atomic mass is 32.2. The summed E-state index contributed by atoms with van der Waals surface area (Å²) in [5.74, 6) is 1.69. The van der Waals surface area contributed by atoms with Crippen LogP contribution >= 0.6 is 0 Å². The largest absolute Gasteiger partial charge is 0.484 e. The monoisotopic (exact) mass is 456 g/mol. The van der Waals surface area contributed by atoms with E-state index in [2.05, 4.69) is 14.9 Å². The van der Waals surface area contributed by atoms with Gasteiger partial charge in [0.25, 0.3) is 0 Å². The van der Waals surface area contributed by atoms with Crippen LogP contribution in [-0.4, -0.2) is 66.5 Å². The first-order chi connectivity index (χ1) is 15.3. The van der Waals surface area contributed by atoms with E-state index in [-0.39, 0.29) is 18.0 Å². The maximum atomic E-state index is 13.0. The number of nitrogen functional groups attached to an aromatic ring is 1. The number of aromatic amines is 1. The van der Waals surface area contributed by atoms with Crippen LogP contribution in [0.25, 0.3) is 22.3 Å². The Hall–Kier alpha value is -2.92. The standard InChI is InChI=1S/C21H24N6O4S/c1-11-10-30-6-5-27(11)20-16-17(21(32(2,28)29)7-12(8-21)31-16)25-19(26-20)15-13-3-4-23-14(13)9-24-18(15)22/h3-4,9,11-12,23H,5-8,10H2,1-2H3,(H2,22,24)/t11-,12?,21?/m1/s1. The summed E-state index contributed by atoms with van der Waals surface area (Å²) in [6.07, 6.45) is 5.39. The van der Waals surface area contributed by atoms with E-state index in [1.807, 2.05) is 13.0 Å². The number of sulfone groups is 1. The van der Waals surface area contributed by atoms with Crippen LogP contribution in [0.4, 0.5) is 11.6 Å². The third-order valence-corrected chi connectivity index (χ3v) is 8.84. The predicted octanol–water partition coefficient (Wildman–Crippen LogP) is 1.62. The predicted molar refractivity (Wildman–Crippen MR) is 119 cm³/mol. The average Bonchev–Trinajstić information content (AvgIpc) is 3.20. The maximum absolute atomic E-state index is 13.0. The number of nitrogens with zero attached hydrogens (tertiary/aromatic N) is 4.